The Labute approximate surface area is 120 Å². The molecule has 0 bridgehead atoms. The van der Waals surface area contributed by atoms with E-state index in [9.17, 15) is 5.11 Å². The Kier molecular flexibility index (Phi) is 5.73. The number of phenols is 1. The summed E-state index contributed by atoms with van der Waals surface area (Å²) in [5.74, 6) is 0.705. The monoisotopic (exact) mass is 281 g/mol. The predicted octanol–water partition coefficient (Wildman–Crippen LogP) is 4.24. The van der Waals surface area contributed by atoms with E-state index in [2.05, 4.69) is 32.1 Å². The summed E-state index contributed by atoms with van der Waals surface area (Å²) in [7, 11) is 1.56. The first-order chi connectivity index (χ1) is 8.81. The van der Waals surface area contributed by atoms with Crippen LogP contribution in [0.25, 0.3) is 0 Å². The molecule has 4 heteroatoms. The minimum atomic E-state index is 0.156. The van der Waals surface area contributed by atoms with Crippen molar-refractivity contribution in [2.45, 2.75) is 45.3 Å². The molecule has 0 spiro atoms. The van der Waals surface area contributed by atoms with Gasteiger partial charge in [0.1, 0.15) is 0 Å². The van der Waals surface area contributed by atoms with Crippen molar-refractivity contribution in [3.63, 3.8) is 0 Å². The van der Waals surface area contributed by atoms with Gasteiger partial charge in [0.25, 0.3) is 0 Å². The molecule has 0 unspecified atom stereocenters. The first kappa shape index (κ1) is 15.9. The number of benzene rings is 1. The smallest absolute Gasteiger partial charge is 0.160 e. The quantitative estimate of drug-likeness (QED) is 0.648. The minimum Gasteiger partial charge on any atom is -0.504 e. The van der Waals surface area contributed by atoms with Gasteiger partial charge >= 0.3 is 0 Å². The van der Waals surface area contributed by atoms with Crippen LogP contribution in [0.2, 0.25) is 0 Å². The molecule has 0 fully saturated rings. The Balaban J connectivity index is 2.57. The fourth-order valence-electron chi connectivity index (χ4n) is 1.46. The number of aryl methyl sites for hydroxylation is 1. The summed E-state index contributed by atoms with van der Waals surface area (Å²) < 4.78 is 9.78. The Hall–Kier alpha value is -1.16. The largest absolute Gasteiger partial charge is 0.504 e. The summed E-state index contributed by atoms with van der Waals surface area (Å²) in [6.07, 6.45) is 1.81. The molecule has 1 rings (SSSR count). The first-order valence-corrected chi connectivity index (χ1v) is 7.16. The second-order valence-corrected chi connectivity index (χ2v) is 7.13. The number of methoxy groups -OCH3 is 1. The van der Waals surface area contributed by atoms with Crippen molar-refractivity contribution in [1.29, 1.82) is 0 Å². The van der Waals surface area contributed by atoms with Crippen LogP contribution in [0.4, 0.5) is 0 Å². The fourth-order valence-corrected chi connectivity index (χ4v) is 1.98. The van der Waals surface area contributed by atoms with E-state index in [0.29, 0.717) is 5.75 Å². The minimum absolute atomic E-state index is 0.156. The summed E-state index contributed by atoms with van der Waals surface area (Å²) in [5.41, 5.74) is 2.27. The molecule has 19 heavy (non-hydrogen) atoms. The standard InChI is InChI=1S/C15H23NO2S/c1-11(16-19-15(2,3)4)6-7-12-8-9-13(17)14(10-12)18-5/h8-10,17H,6-7H2,1-5H3/b16-11+. The third-order valence-electron chi connectivity index (χ3n) is 2.49. The van der Waals surface area contributed by atoms with Crippen molar-refractivity contribution >= 4 is 17.7 Å². The van der Waals surface area contributed by atoms with Crippen LogP contribution < -0.4 is 4.74 Å². The van der Waals surface area contributed by atoms with E-state index >= 15 is 0 Å². The predicted molar refractivity (Wildman–Crippen MR) is 83.4 cm³/mol. The number of rotatable bonds is 5. The lowest BCUT2D eigenvalue weighted by Crippen LogP contribution is -2.06. The fraction of sp³-hybridized carbons (Fsp3) is 0.533. The zero-order chi connectivity index (χ0) is 14.5. The maximum absolute atomic E-state index is 9.53. The summed E-state index contributed by atoms with van der Waals surface area (Å²) in [6.45, 7) is 8.51. The highest BCUT2D eigenvalue weighted by Crippen LogP contribution is 2.27. The number of ether oxygens (including phenoxy) is 1. The van der Waals surface area contributed by atoms with Crippen molar-refractivity contribution in [3.05, 3.63) is 23.8 Å². The van der Waals surface area contributed by atoms with Gasteiger partial charge in [-0.3, -0.25) is 0 Å². The van der Waals surface area contributed by atoms with Crippen LogP contribution in [0, 0.1) is 0 Å². The van der Waals surface area contributed by atoms with Gasteiger partial charge in [0.2, 0.25) is 0 Å². The third-order valence-corrected chi connectivity index (χ3v) is 3.45. The Morgan fingerprint density at radius 2 is 2.05 bits per heavy atom. The molecule has 1 aromatic rings. The highest BCUT2D eigenvalue weighted by atomic mass is 32.2. The van der Waals surface area contributed by atoms with E-state index < -0.39 is 0 Å². The molecule has 1 aromatic carbocycles. The zero-order valence-corrected chi connectivity index (χ0v) is 13.2. The number of aromatic hydroxyl groups is 1. The van der Waals surface area contributed by atoms with Crippen LogP contribution in [-0.2, 0) is 6.42 Å². The molecule has 0 aromatic heterocycles. The second kappa shape index (κ2) is 6.85. The lowest BCUT2D eigenvalue weighted by molar-refractivity contribution is 0.373. The van der Waals surface area contributed by atoms with Crippen LogP contribution >= 0.6 is 11.9 Å². The van der Waals surface area contributed by atoms with Crippen LogP contribution in [-0.4, -0.2) is 22.7 Å². The van der Waals surface area contributed by atoms with Gasteiger partial charge in [0.05, 0.1) is 7.11 Å². The molecule has 0 saturated carbocycles. The molecule has 0 aliphatic rings. The summed E-state index contributed by atoms with van der Waals surface area (Å²) in [6, 6.07) is 5.46. The third kappa shape index (κ3) is 6.01. The molecule has 0 atom stereocenters. The maximum atomic E-state index is 9.53. The summed E-state index contributed by atoms with van der Waals surface area (Å²) in [5, 5.41) is 9.53. The molecule has 0 heterocycles. The molecule has 0 aliphatic heterocycles. The van der Waals surface area contributed by atoms with Gasteiger partial charge in [-0.1, -0.05) is 6.07 Å². The number of hydrogen-bond donors (Lipinski definition) is 1. The van der Waals surface area contributed by atoms with Gasteiger partial charge in [0.15, 0.2) is 11.5 Å². The van der Waals surface area contributed by atoms with Crippen molar-refractivity contribution in [3.8, 4) is 11.5 Å². The average Bonchev–Trinajstić information content (AvgIpc) is 2.34. The van der Waals surface area contributed by atoms with E-state index in [0.717, 1.165) is 24.1 Å². The first-order valence-electron chi connectivity index (χ1n) is 6.39. The highest BCUT2D eigenvalue weighted by molar-refractivity contribution is 7.99. The zero-order valence-electron chi connectivity index (χ0n) is 12.4. The molecular weight excluding hydrogens is 258 g/mol. The van der Waals surface area contributed by atoms with Gasteiger partial charge in [-0.05, 0) is 70.2 Å². The number of hydrogen-bond acceptors (Lipinski definition) is 4. The topological polar surface area (TPSA) is 41.8 Å². The van der Waals surface area contributed by atoms with E-state index in [-0.39, 0.29) is 10.5 Å². The van der Waals surface area contributed by atoms with E-state index in [1.165, 1.54) is 0 Å². The van der Waals surface area contributed by atoms with Crippen LogP contribution in [0.15, 0.2) is 22.6 Å². The van der Waals surface area contributed by atoms with Crippen molar-refractivity contribution in [2.75, 3.05) is 7.11 Å². The van der Waals surface area contributed by atoms with Crippen molar-refractivity contribution in [2.24, 2.45) is 4.40 Å². The SMILES string of the molecule is COc1cc(CC/C(C)=N/SC(C)(C)C)ccc1O. The molecule has 1 N–H and O–H groups in total. The van der Waals surface area contributed by atoms with E-state index in [4.69, 9.17) is 4.74 Å². The van der Waals surface area contributed by atoms with Gasteiger partial charge in [-0.25, -0.2) is 4.40 Å². The molecule has 0 amide bonds. The van der Waals surface area contributed by atoms with Crippen LogP contribution in [0.1, 0.15) is 39.7 Å². The molecule has 0 saturated heterocycles. The van der Waals surface area contributed by atoms with Crippen molar-refractivity contribution in [1.82, 2.24) is 0 Å². The lowest BCUT2D eigenvalue weighted by atomic mass is 10.1. The summed E-state index contributed by atoms with van der Waals surface area (Å²) in [4.78, 5) is 0. The average molecular weight is 281 g/mol. The Bertz CT molecular complexity index is 450. The Morgan fingerprint density at radius 3 is 2.63 bits per heavy atom. The maximum Gasteiger partial charge on any atom is 0.160 e. The lowest BCUT2D eigenvalue weighted by Gasteiger charge is -2.13. The molecule has 3 nitrogen and oxygen atoms in total. The molecular formula is C15H23NO2S. The van der Waals surface area contributed by atoms with Gasteiger partial charge in [-0.15, -0.1) is 0 Å². The number of phenolic OH excluding ortho intramolecular Hbond substituents is 1. The normalized spacial score (nSPS) is 12.6. The van der Waals surface area contributed by atoms with Gasteiger partial charge in [-0.2, -0.15) is 0 Å². The van der Waals surface area contributed by atoms with Gasteiger partial charge < -0.3 is 9.84 Å². The highest BCUT2D eigenvalue weighted by Gasteiger charge is 2.10. The van der Waals surface area contributed by atoms with Crippen LogP contribution in [0.3, 0.4) is 0 Å². The molecule has 0 aliphatic carbocycles. The summed E-state index contributed by atoms with van der Waals surface area (Å²) >= 11 is 1.61. The van der Waals surface area contributed by atoms with Gasteiger partial charge in [0, 0.05) is 10.5 Å². The van der Waals surface area contributed by atoms with Crippen molar-refractivity contribution < 1.29 is 9.84 Å². The molecule has 106 valence electrons. The number of nitrogens with zero attached hydrogens (tertiary/aromatic N) is 1. The van der Waals surface area contributed by atoms with Crippen LogP contribution in [0.5, 0.6) is 11.5 Å². The van der Waals surface area contributed by atoms with E-state index in [1.54, 1.807) is 25.1 Å². The Morgan fingerprint density at radius 1 is 1.37 bits per heavy atom. The van der Waals surface area contributed by atoms with E-state index in [1.807, 2.05) is 12.1 Å². The second-order valence-electron chi connectivity index (χ2n) is 5.54. The molecule has 0 radical (unpaired) electrons.